The largest absolute Gasteiger partial charge is 0.379 e. The zero-order valence-corrected chi connectivity index (χ0v) is 13.5. The highest BCUT2D eigenvalue weighted by atomic mass is 16.5. The van der Waals surface area contributed by atoms with Crippen LogP contribution >= 0.6 is 0 Å². The van der Waals surface area contributed by atoms with E-state index in [0.717, 1.165) is 45.9 Å². The van der Waals surface area contributed by atoms with Crippen molar-refractivity contribution in [1.29, 1.82) is 0 Å². The maximum absolute atomic E-state index is 11.1. The molecule has 1 fully saturated rings. The van der Waals surface area contributed by atoms with Crippen molar-refractivity contribution in [2.75, 3.05) is 78.9 Å². The molecule has 0 radical (unpaired) electrons. The molecule has 0 amide bonds. The molecule has 1 rings (SSSR count). The molecule has 0 N–H and O–H groups in total. The average molecular weight is 302 g/mol. The number of carbonyl (C=O) groups is 1. The highest BCUT2D eigenvalue weighted by molar-refractivity contribution is 5.77. The van der Waals surface area contributed by atoms with Crippen molar-refractivity contribution < 1.29 is 19.0 Å². The Balaban J connectivity index is 1.87. The van der Waals surface area contributed by atoms with Crippen molar-refractivity contribution in [3.05, 3.63) is 0 Å². The summed E-state index contributed by atoms with van der Waals surface area (Å²) in [6.45, 7) is 13.2. The lowest BCUT2D eigenvalue weighted by Crippen LogP contribution is -2.48. The molecule has 0 aromatic rings. The topological polar surface area (TPSA) is 51.2 Å². The Kier molecular flexibility index (Phi) is 10.6. The summed E-state index contributed by atoms with van der Waals surface area (Å²) >= 11 is 0. The molecular weight excluding hydrogens is 272 g/mol. The molecular formula is C15H30N2O4. The van der Waals surface area contributed by atoms with E-state index in [0.29, 0.717) is 33.0 Å². The predicted molar refractivity (Wildman–Crippen MR) is 81.7 cm³/mol. The lowest BCUT2D eigenvalue weighted by Gasteiger charge is -2.33. The van der Waals surface area contributed by atoms with Gasteiger partial charge in [-0.3, -0.25) is 14.6 Å². The van der Waals surface area contributed by atoms with Crippen LogP contribution in [0.15, 0.2) is 0 Å². The van der Waals surface area contributed by atoms with Gasteiger partial charge in [-0.25, -0.2) is 0 Å². The summed E-state index contributed by atoms with van der Waals surface area (Å²) in [5.41, 5.74) is 0. The van der Waals surface area contributed by atoms with Gasteiger partial charge in [-0.2, -0.15) is 0 Å². The second-order valence-corrected chi connectivity index (χ2v) is 5.24. The minimum atomic E-state index is 0.246. The molecule has 0 aromatic carbocycles. The second kappa shape index (κ2) is 12.1. The summed E-state index contributed by atoms with van der Waals surface area (Å²) < 4.78 is 16.1. The van der Waals surface area contributed by atoms with Crippen LogP contribution in [0.2, 0.25) is 0 Å². The van der Waals surface area contributed by atoms with Gasteiger partial charge >= 0.3 is 0 Å². The summed E-state index contributed by atoms with van der Waals surface area (Å²) in [5.74, 6) is 0.246. The fourth-order valence-electron chi connectivity index (χ4n) is 2.26. The number of carbonyl (C=O) groups excluding carboxylic acids is 1. The minimum absolute atomic E-state index is 0.246. The van der Waals surface area contributed by atoms with Crippen LogP contribution in [-0.4, -0.2) is 94.5 Å². The lowest BCUT2D eigenvalue weighted by atomic mass is 10.3. The van der Waals surface area contributed by atoms with Crippen molar-refractivity contribution in [1.82, 2.24) is 9.80 Å². The van der Waals surface area contributed by atoms with Gasteiger partial charge in [-0.1, -0.05) is 0 Å². The summed E-state index contributed by atoms with van der Waals surface area (Å²) in [5, 5.41) is 0. The van der Waals surface area contributed by atoms with Gasteiger partial charge in [0, 0.05) is 39.3 Å². The number of ketones is 1. The molecule has 124 valence electrons. The van der Waals surface area contributed by atoms with Gasteiger partial charge in [-0.05, 0) is 13.8 Å². The number of Topliss-reactive ketones (excluding diaryl/α,β-unsaturated/α-hetero) is 1. The number of rotatable bonds is 12. The summed E-state index contributed by atoms with van der Waals surface area (Å²) in [4.78, 5) is 15.6. The van der Waals surface area contributed by atoms with Crippen LogP contribution in [0.25, 0.3) is 0 Å². The van der Waals surface area contributed by atoms with E-state index in [2.05, 4.69) is 9.80 Å². The molecule has 1 aliphatic heterocycles. The van der Waals surface area contributed by atoms with Crippen molar-refractivity contribution in [3.63, 3.8) is 0 Å². The Bertz CT molecular complexity index is 268. The van der Waals surface area contributed by atoms with Crippen molar-refractivity contribution in [2.45, 2.75) is 13.8 Å². The van der Waals surface area contributed by atoms with Crippen LogP contribution in [0.5, 0.6) is 0 Å². The van der Waals surface area contributed by atoms with Crippen LogP contribution < -0.4 is 0 Å². The number of piperazine rings is 1. The Morgan fingerprint density at radius 1 is 0.857 bits per heavy atom. The number of ether oxygens (including phenoxy) is 3. The molecule has 0 unspecified atom stereocenters. The van der Waals surface area contributed by atoms with Gasteiger partial charge in [-0.15, -0.1) is 0 Å². The van der Waals surface area contributed by atoms with Gasteiger partial charge < -0.3 is 14.2 Å². The first-order valence-electron chi connectivity index (χ1n) is 7.89. The van der Waals surface area contributed by atoms with E-state index in [4.69, 9.17) is 14.2 Å². The molecule has 6 heteroatoms. The third kappa shape index (κ3) is 9.92. The first-order chi connectivity index (χ1) is 10.2. The molecule has 0 saturated carbocycles. The number of hydrogen-bond acceptors (Lipinski definition) is 6. The normalized spacial score (nSPS) is 17.2. The van der Waals surface area contributed by atoms with Gasteiger partial charge in [0.15, 0.2) is 0 Å². The predicted octanol–water partition coefficient (Wildman–Crippen LogP) is 0.263. The van der Waals surface area contributed by atoms with E-state index in [1.165, 1.54) is 0 Å². The number of hydrogen-bond donors (Lipinski definition) is 0. The van der Waals surface area contributed by atoms with Crippen LogP contribution in [0.4, 0.5) is 0 Å². The first kappa shape index (κ1) is 18.5. The van der Waals surface area contributed by atoms with Crippen molar-refractivity contribution >= 4 is 5.78 Å². The molecule has 0 aromatic heterocycles. The first-order valence-corrected chi connectivity index (χ1v) is 7.89. The summed E-state index contributed by atoms with van der Waals surface area (Å²) in [7, 11) is 0. The van der Waals surface area contributed by atoms with Crippen LogP contribution in [0, 0.1) is 0 Å². The molecule has 0 atom stereocenters. The van der Waals surface area contributed by atoms with Gasteiger partial charge in [0.05, 0.1) is 39.6 Å². The smallest absolute Gasteiger partial charge is 0.143 e. The SMILES string of the molecule is CCOCCOCCOCCN1CCN(CC(C)=O)CC1. The van der Waals surface area contributed by atoms with E-state index in [-0.39, 0.29) is 5.78 Å². The Morgan fingerprint density at radius 3 is 1.95 bits per heavy atom. The summed E-state index contributed by atoms with van der Waals surface area (Å²) in [6.07, 6.45) is 0. The number of nitrogens with zero attached hydrogens (tertiary/aromatic N) is 2. The molecule has 0 bridgehead atoms. The molecule has 0 aliphatic carbocycles. The van der Waals surface area contributed by atoms with E-state index < -0.39 is 0 Å². The lowest BCUT2D eigenvalue weighted by molar-refractivity contribution is -0.118. The molecule has 1 saturated heterocycles. The Hall–Kier alpha value is -0.530. The van der Waals surface area contributed by atoms with Crippen LogP contribution in [-0.2, 0) is 19.0 Å². The molecule has 6 nitrogen and oxygen atoms in total. The Morgan fingerprint density at radius 2 is 1.38 bits per heavy atom. The minimum Gasteiger partial charge on any atom is -0.379 e. The van der Waals surface area contributed by atoms with Gasteiger partial charge in [0.25, 0.3) is 0 Å². The van der Waals surface area contributed by atoms with Gasteiger partial charge in [0.2, 0.25) is 0 Å². The fraction of sp³-hybridized carbons (Fsp3) is 0.933. The third-order valence-corrected chi connectivity index (χ3v) is 3.41. The standard InChI is InChI=1S/C15H30N2O4/c1-3-19-10-11-21-13-12-20-9-8-16-4-6-17(7-5-16)14-15(2)18/h3-14H2,1-2H3. The average Bonchev–Trinajstić information content (AvgIpc) is 2.47. The zero-order valence-electron chi connectivity index (χ0n) is 13.5. The molecule has 0 spiro atoms. The van der Waals surface area contributed by atoms with Crippen LogP contribution in [0.1, 0.15) is 13.8 Å². The van der Waals surface area contributed by atoms with Crippen molar-refractivity contribution in [3.8, 4) is 0 Å². The van der Waals surface area contributed by atoms with Crippen molar-refractivity contribution in [2.24, 2.45) is 0 Å². The monoisotopic (exact) mass is 302 g/mol. The third-order valence-electron chi connectivity index (χ3n) is 3.41. The quantitative estimate of drug-likeness (QED) is 0.482. The molecule has 1 aliphatic rings. The zero-order chi connectivity index (χ0) is 15.3. The molecule has 21 heavy (non-hydrogen) atoms. The highest BCUT2D eigenvalue weighted by Gasteiger charge is 2.17. The Labute approximate surface area is 128 Å². The van der Waals surface area contributed by atoms with Gasteiger partial charge in [0.1, 0.15) is 5.78 Å². The van der Waals surface area contributed by atoms with Crippen LogP contribution in [0.3, 0.4) is 0 Å². The fourth-order valence-corrected chi connectivity index (χ4v) is 2.26. The molecule has 1 heterocycles. The van der Waals surface area contributed by atoms with E-state index in [9.17, 15) is 4.79 Å². The maximum Gasteiger partial charge on any atom is 0.143 e. The van der Waals surface area contributed by atoms with E-state index >= 15 is 0 Å². The van der Waals surface area contributed by atoms with E-state index in [1.807, 2.05) is 6.92 Å². The highest BCUT2D eigenvalue weighted by Crippen LogP contribution is 2.01. The maximum atomic E-state index is 11.1. The second-order valence-electron chi connectivity index (χ2n) is 5.24. The summed E-state index contributed by atoms with van der Waals surface area (Å²) in [6, 6.07) is 0. The van der Waals surface area contributed by atoms with E-state index in [1.54, 1.807) is 6.92 Å².